The molecule has 0 saturated carbocycles. The molecule has 0 spiro atoms. The van der Waals surface area contributed by atoms with Gasteiger partial charge < -0.3 is 29.7 Å². The molecule has 0 aliphatic carbocycles. The third-order valence-corrected chi connectivity index (χ3v) is 10.0. The number of carbonyl (C=O) groups excluding carboxylic acids is 2. The number of hydrogen-bond acceptors (Lipinski definition) is 7. The Morgan fingerprint density at radius 3 is 2.35 bits per heavy atom. The summed E-state index contributed by atoms with van der Waals surface area (Å²) >= 11 is 0. The van der Waals surface area contributed by atoms with Crippen LogP contribution in [0.2, 0.25) is 0 Å². The Labute approximate surface area is 296 Å². The lowest BCUT2D eigenvalue weighted by molar-refractivity contribution is -0.137. The fourth-order valence-electron chi connectivity index (χ4n) is 5.58. The van der Waals surface area contributed by atoms with Gasteiger partial charge in [0.15, 0.2) is 0 Å². The molecule has 1 heterocycles. The zero-order chi connectivity index (χ0) is 37.3. The summed E-state index contributed by atoms with van der Waals surface area (Å²) in [6.07, 6.45) is -3.33. The van der Waals surface area contributed by atoms with E-state index in [9.17, 15) is 36.3 Å². The maximum absolute atomic E-state index is 14.3. The van der Waals surface area contributed by atoms with Crippen LogP contribution in [0.5, 0.6) is 5.75 Å². The van der Waals surface area contributed by atoms with E-state index in [4.69, 9.17) is 9.47 Å². The van der Waals surface area contributed by atoms with Crippen LogP contribution < -0.4 is 14.8 Å². The molecule has 0 fully saturated rings. The number of fused-ring (bicyclic) bond motifs is 1. The molecule has 11 nitrogen and oxygen atoms in total. The highest BCUT2D eigenvalue weighted by Gasteiger charge is 2.32. The summed E-state index contributed by atoms with van der Waals surface area (Å²) in [4.78, 5) is 30.3. The molecule has 3 aromatic rings. The zero-order valence-corrected chi connectivity index (χ0v) is 29.8. The number of rotatable bonds is 8. The van der Waals surface area contributed by atoms with E-state index in [1.54, 1.807) is 31.2 Å². The van der Waals surface area contributed by atoms with Gasteiger partial charge in [-0.15, -0.1) is 0 Å². The summed E-state index contributed by atoms with van der Waals surface area (Å²) in [5.74, 6) is -0.617. The van der Waals surface area contributed by atoms with Gasteiger partial charge >= 0.3 is 12.2 Å². The summed E-state index contributed by atoms with van der Waals surface area (Å²) in [7, 11) is -2.43. The highest BCUT2D eigenvalue weighted by Crippen LogP contribution is 2.31. The first-order valence-electron chi connectivity index (χ1n) is 16.7. The predicted octanol–water partition coefficient (Wildman–Crippen LogP) is 6.47. The lowest BCUT2D eigenvalue weighted by Gasteiger charge is -2.35. The number of carbonyl (C=O) groups is 2. The number of aliphatic hydroxyl groups is 1. The van der Waals surface area contributed by atoms with Crippen LogP contribution in [0.3, 0.4) is 0 Å². The van der Waals surface area contributed by atoms with Crippen LogP contribution >= 0.6 is 0 Å². The van der Waals surface area contributed by atoms with Crippen molar-refractivity contribution in [3.63, 3.8) is 0 Å². The van der Waals surface area contributed by atoms with Crippen LogP contribution in [0, 0.1) is 5.92 Å². The van der Waals surface area contributed by atoms with Crippen LogP contribution in [0.15, 0.2) is 77.7 Å². The lowest BCUT2D eigenvalue weighted by Crippen LogP contribution is -2.48. The smallest absolute Gasteiger partial charge is 0.416 e. The van der Waals surface area contributed by atoms with Gasteiger partial charge in [-0.1, -0.05) is 25.1 Å². The largest absolute Gasteiger partial charge is 0.490 e. The number of hydrogen-bond donors (Lipinski definition) is 3. The number of nitrogens with one attached hydrogen (secondary N) is 2. The van der Waals surface area contributed by atoms with Crippen LogP contribution in [0.1, 0.15) is 56.0 Å². The van der Waals surface area contributed by atoms with E-state index in [1.165, 1.54) is 53.2 Å². The molecule has 3 N–H and O–H groups in total. The molecule has 0 aromatic heterocycles. The van der Waals surface area contributed by atoms with Crippen LogP contribution in [-0.2, 0) is 20.9 Å². The van der Waals surface area contributed by atoms with Gasteiger partial charge in [-0.05, 0) is 87.7 Å². The molecule has 0 radical (unpaired) electrons. The van der Waals surface area contributed by atoms with Crippen molar-refractivity contribution in [3.8, 4) is 5.75 Å². The zero-order valence-electron chi connectivity index (χ0n) is 29.0. The average Bonchev–Trinajstić information content (AvgIpc) is 3.09. The van der Waals surface area contributed by atoms with Crippen LogP contribution in [-0.4, -0.2) is 86.9 Å². The molecule has 278 valence electrons. The van der Waals surface area contributed by atoms with E-state index in [0.29, 0.717) is 19.4 Å². The molecule has 3 aromatic carbocycles. The third kappa shape index (κ3) is 10.8. The van der Waals surface area contributed by atoms with Gasteiger partial charge in [0.05, 0.1) is 40.9 Å². The van der Waals surface area contributed by atoms with Gasteiger partial charge in [-0.3, -0.25) is 9.52 Å². The van der Waals surface area contributed by atoms with E-state index < -0.39 is 45.8 Å². The second-order valence-corrected chi connectivity index (χ2v) is 14.5. The molecule has 3 amide bonds. The molecule has 4 atom stereocenters. The number of halogens is 3. The minimum Gasteiger partial charge on any atom is -0.490 e. The summed E-state index contributed by atoms with van der Waals surface area (Å²) in [6.45, 7) is 5.58. The van der Waals surface area contributed by atoms with E-state index in [-0.39, 0.29) is 59.3 Å². The van der Waals surface area contributed by atoms with Crippen molar-refractivity contribution in [3.05, 3.63) is 83.9 Å². The quantitative estimate of drug-likeness (QED) is 0.242. The van der Waals surface area contributed by atoms with Crippen molar-refractivity contribution in [1.29, 1.82) is 0 Å². The maximum Gasteiger partial charge on any atom is 0.416 e. The Bertz CT molecular complexity index is 1730. The first kappa shape index (κ1) is 39.4. The van der Waals surface area contributed by atoms with Crippen molar-refractivity contribution in [2.24, 2.45) is 5.92 Å². The van der Waals surface area contributed by atoms with Gasteiger partial charge in [0, 0.05) is 44.0 Å². The molecule has 51 heavy (non-hydrogen) atoms. The standard InChI is InChI=1S/C36H45F3N4O7S/c1-24-21-43(25(2)23-44)34(45)31-20-29(41-51(47,48)30-11-6-5-7-12-30)17-18-32(31)50-26(3)10-8-9-19-49-33(24)22-42(4)35(46)40-28-15-13-27(14-16-28)36(37,38)39/h5-7,11-18,20,24-26,33,41,44H,8-10,19,21-23H2,1-4H3,(H,40,46)/t24-,25-,26-,33+/m1/s1. The number of ether oxygens (including phenoxy) is 2. The summed E-state index contributed by atoms with van der Waals surface area (Å²) in [5, 5.41) is 12.8. The molecular formula is C36H45F3N4O7S. The van der Waals surface area contributed by atoms with Crippen LogP contribution in [0.25, 0.3) is 0 Å². The third-order valence-electron chi connectivity index (χ3n) is 8.62. The fourth-order valence-corrected chi connectivity index (χ4v) is 6.65. The second kappa shape index (κ2) is 17.2. The maximum atomic E-state index is 14.3. The topological polar surface area (TPSA) is 138 Å². The minimum absolute atomic E-state index is 0.0506. The van der Waals surface area contributed by atoms with E-state index >= 15 is 0 Å². The molecule has 0 bridgehead atoms. The normalized spacial score (nSPS) is 20.0. The number of nitrogens with zero attached hydrogens (tertiary/aromatic N) is 2. The average molecular weight is 735 g/mol. The summed E-state index contributed by atoms with van der Waals surface area (Å²) in [6, 6.07) is 15.2. The Kier molecular flexibility index (Phi) is 13.3. The van der Waals surface area contributed by atoms with E-state index in [2.05, 4.69) is 10.0 Å². The van der Waals surface area contributed by atoms with Crippen molar-refractivity contribution in [1.82, 2.24) is 9.80 Å². The van der Waals surface area contributed by atoms with Gasteiger partial charge in [0.25, 0.3) is 15.9 Å². The van der Waals surface area contributed by atoms with Gasteiger partial charge in [-0.2, -0.15) is 13.2 Å². The minimum atomic E-state index is -4.50. The monoisotopic (exact) mass is 734 g/mol. The molecule has 0 saturated heterocycles. The fraction of sp³-hybridized carbons (Fsp3) is 0.444. The second-order valence-electron chi connectivity index (χ2n) is 12.8. The number of benzene rings is 3. The first-order chi connectivity index (χ1) is 24.1. The Morgan fingerprint density at radius 2 is 1.71 bits per heavy atom. The van der Waals surface area contributed by atoms with Crippen molar-refractivity contribution < 1.29 is 45.8 Å². The van der Waals surface area contributed by atoms with Gasteiger partial charge in [0.2, 0.25) is 0 Å². The molecule has 0 unspecified atom stereocenters. The molecular weight excluding hydrogens is 689 g/mol. The number of alkyl halides is 3. The Morgan fingerprint density at radius 1 is 1.04 bits per heavy atom. The molecule has 1 aliphatic rings. The van der Waals surface area contributed by atoms with Crippen molar-refractivity contribution >= 4 is 33.3 Å². The molecule has 15 heteroatoms. The van der Waals surface area contributed by atoms with Gasteiger partial charge in [0.1, 0.15) is 5.75 Å². The summed E-state index contributed by atoms with van der Waals surface area (Å²) in [5.41, 5.74) is -0.394. The first-order valence-corrected chi connectivity index (χ1v) is 18.2. The SMILES string of the molecule is C[C@@H]1CCCCO[C@@H](CN(C)C(=O)Nc2ccc(C(F)(F)F)cc2)[C@H](C)CN([C@H](C)CO)C(=O)c2cc(NS(=O)(=O)c3ccccc3)ccc2O1. The lowest BCUT2D eigenvalue weighted by atomic mass is 10.0. The molecule has 4 rings (SSSR count). The van der Waals surface area contributed by atoms with Crippen molar-refractivity contribution in [2.75, 3.05) is 43.4 Å². The van der Waals surface area contributed by atoms with Gasteiger partial charge in [-0.25, -0.2) is 13.2 Å². The van der Waals surface area contributed by atoms with E-state index in [1.807, 2.05) is 13.8 Å². The highest BCUT2D eigenvalue weighted by molar-refractivity contribution is 7.92. The number of aliphatic hydroxyl groups excluding tert-OH is 1. The Balaban J connectivity index is 1.59. The highest BCUT2D eigenvalue weighted by atomic mass is 32.2. The Hall–Kier alpha value is -4.34. The van der Waals surface area contributed by atoms with Crippen LogP contribution in [0.4, 0.5) is 29.3 Å². The number of urea groups is 1. The number of likely N-dealkylation sites (N-methyl/N-ethyl adjacent to an activating group) is 1. The summed E-state index contributed by atoms with van der Waals surface area (Å²) < 4.78 is 80.2. The number of amides is 3. The predicted molar refractivity (Wildman–Crippen MR) is 187 cm³/mol. The van der Waals surface area contributed by atoms with Crippen molar-refractivity contribution in [2.45, 2.75) is 69.4 Å². The molecule has 1 aliphatic heterocycles. The number of sulfonamides is 1. The van der Waals surface area contributed by atoms with E-state index in [0.717, 1.165) is 18.6 Å². The number of anilines is 2.